The summed E-state index contributed by atoms with van der Waals surface area (Å²) in [5.74, 6) is 1.97. The van der Waals surface area contributed by atoms with Gasteiger partial charge in [-0.1, -0.05) is 26.0 Å². The first kappa shape index (κ1) is 17.0. The van der Waals surface area contributed by atoms with E-state index in [4.69, 9.17) is 4.74 Å². The third kappa shape index (κ3) is 3.33. The van der Waals surface area contributed by atoms with Gasteiger partial charge in [-0.05, 0) is 25.0 Å². The molecule has 1 aliphatic rings. The van der Waals surface area contributed by atoms with E-state index in [1.54, 1.807) is 29.2 Å². The molecule has 3 rings (SSSR count). The Morgan fingerprint density at radius 1 is 1.28 bits per heavy atom. The molecule has 130 valence electrons. The van der Waals surface area contributed by atoms with Gasteiger partial charge in [-0.2, -0.15) is 5.26 Å². The standard InChI is InChI=1S/C18H21N5O2/c1-12(2)17(25-15-7-5-4-6-14(15)10-19)18(24)22-8-9-23-13(3)20-21-16(23)11-22/h4-7,12,17H,8-9,11H2,1-3H3/t17-/m0/s1. The van der Waals surface area contributed by atoms with Gasteiger partial charge in [-0.15, -0.1) is 10.2 Å². The third-order valence-electron chi connectivity index (χ3n) is 4.36. The van der Waals surface area contributed by atoms with Crippen LogP contribution in [0.1, 0.15) is 31.1 Å². The molecule has 0 aliphatic carbocycles. The number of para-hydroxylation sites is 1. The van der Waals surface area contributed by atoms with Crippen LogP contribution < -0.4 is 4.74 Å². The Hall–Kier alpha value is -2.88. The van der Waals surface area contributed by atoms with Crippen molar-refractivity contribution in [2.75, 3.05) is 6.54 Å². The summed E-state index contributed by atoms with van der Waals surface area (Å²) in [5, 5.41) is 17.4. The Balaban J connectivity index is 1.79. The maximum atomic E-state index is 13.0. The lowest BCUT2D eigenvalue weighted by Gasteiger charge is -2.32. The predicted molar refractivity (Wildman–Crippen MR) is 90.6 cm³/mol. The summed E-state index contributed by atoms with van der Waals surface area (Å²) in [6, 6.07) is 9.08. The van der Waals surface area contributed by atoms with Crippen molar-refractivity contribution in [3.8, 4) is 11.8 Å². The summed E-state index contributed by atoms with van der Waals surface area (Å²) in [6.07, 6.45) is -0.648. The highest BCUT2D eigenvalue weighted by Gasteiger charge is 2.32. The van der Waals surface area contributed by atoms with Gasteiger partial charge < -0.3 is 14.2 Å². The molecule has 7 nitrogen and oxygen atoms in total. The number of amides is 1. The van der Waals surface area contributed by atoms with Gasteiger partial charge >= 0.3 is 0 Å². The van der Waals surface area contributed by atoms with Crippen LogP contribution in [0.25, 0.3) is 0 Å². The van der Waals surface area contributed by atoms with Crippen molar-refractivity contribution in [2.24, 2.45) is 5.92 Å². The topological polar surface area (TPSA) is 84.0 Å². The van der Waals surface area contributed by atoms with Crippen molar-refractivity contribution in [1.29, 1.82) is 5.26 Å². The summed E-state index contributed by atoms with van der Waals surface area (Å²) in [4.78, 5) is 14.8. The Kier molecular flexibility index (Phi) is 4.70. The molecule has 1 atom stereocenters. The Morgan fingerprint density at radius 2 is 2.04 bits per heavy atom. The lowest BCUT2D eigenvalue weighted by molar-refractivity contribution is -0.142. The number of ether oxygens (including phenoxy) is 1. The molecule has 0 spiro atoms. The molecule has 0 unspecified atom stereocenters. The Labute approximate surface area is 146 Å². The molecular formula is C18H21N5O2. The van der Waals surface area contributed by atoms with Crippen molar-refractivity contribution < 1.29 is 9.53 Å². The fourth-order valence-electron chi connectivity index (χ4n) is 2.94. The molecule has 1 aromatic heterocycles. The van der Waals surface area contributed by atoms with Gasteiger partial charge in [-0.25, -0.2) is 0 Å². The highest BCUT2D eigenvalue weighted by atomic mass is 16.5. The number of hydrogen-bond acceptors (Lipinski definition) is 5. The first-order valence-electron chi connectivity index (χ1n) is 8.34. The largest absolute Gasteiger partial charge is 0.479 e. The van der Waals surface area contributed by atoms with Gasteiger partial charge in [0.05, 0.1) is 12.1 Å². The van der Waals surface area contributed by atoms with E-state index in [1.165, 1.54) is 0 Å². The molecule has 0 N–H and O–H groups in total. The number of rotatable bonds is 4. The number of nitrogens with zero attached hydrogens (tertiary/aromatic N) is 5. The van der Waals surface area contributed by atoms with Crippen LogP contribution in [0.15, 0.2) is 24.3 Å². The van der Waals surface area contributed by atoms with Gasteiger partial charge in [0.15, 0.2) is 11.9 Å². The number of fused-ring (bicyclic) bond motifs is 1. The fourth-order valence-corrected chi connectivity index (χ4v) is 2.94. The summed E-state index contributed by atoms with van der Waals surface area (Å²) in [7, 11) is 0. The van der Waals surface area contributed by atoms with Gasteiger partial charge in [0, 0.05) is 13.1 Å². The van der Waals surface area contributed by atoms with Crippen LogP contribution in [0.2, 0.25) is 0 Å². The minimum atomic E-state index is -0.648. The Morgan fingerprint density at radius 3 is 2.76 bits per heavy atom. The van der Waals surface area contributed by atoms with Crippen LogP contribution in [-0.2, 0) is 17.9 Å². The van der Waals surface area contributed by atoms with E-state index < -0.39 is 6.10 Å². The molecule has 7 heteroatoms. The quantitative estimate of drug-likeness (QED) is 0.849. The van der Waals surface area contributed by atoms with E-state index in [0.29, 0.717) is 30.9 Å². The van der Waals surface area contributed by atoms with E-state index in [0.717, 1.165) is 11.6 Å². The van der Waals surface area contributed by atoms with E-state index in [2.05, 4.69) is 16.3 Å². The number of benzene rings is 1. The number of carbonyl (C=O) groups excluding carboxylic acids is 1. The summed E-state index contributed by atoms with van der Waals surface area (Å²) in [5.41, 5.74) is 0.426. The SMILES string of the molecule is Cc1nnc2n1CCN(C(=O)[C@@H](Oc1ccccc1C#N)C(C)C)C2. The zero-order valence-corrected chi connectivity index (χ0v) is 14.6. The normalized spacial score (nSPS) is 14.8. The smallest absolute Gasteiger partial charge is 0.264 e. The maximum absolute atomic E-state index is 13.0. The van der Waals surface area contributed by atoms with Crippen LogP contribution in [-0.4, -0.2) is 38.2 Å². The van der Waals surface area contributed by atoms with Crippen molar-refractivity contribution in [2.45, 2.75) is 40.0 Å². The number of aromatic nitrogens is 3. The molecule has 0 saturated carbocycles. The van der Waals surface area contributed by atoms with Crippen molar-refractivity contribution in [1.82, 2.24) is 19.7 Å². The molecule has 0 bridgehead atoms. The van der Waals surface area contributed by atoms with Crippen molar-refractivity contribution in [3.05, 3.63) is 41.5 Å². The molecular weight excluding hydrogens is 318 g/mol. The van der Waals surface area contributed by atoms with E-state index in [-0.39, 0.29) is 11.8 Å². The minimum absolute atomic E-state index is 0.0271. The second kappa shape index (κ2) is 6.93. The van der Waals surface area contributed by atoms with Crippen LogP contribution >= 0.6 is 0 Å². The second-order valence-electron chi connectivity index (χ2n) is 6.47. The number of hydrogen-bond donors (Lipinski definition) is 0. The van der Waals surface area contributed by atoms with Crippen LogP contribution in [0, 0.1) is 24.2 Å². The summed E-state index contributed by atoms with van der Waals surface area (Å²) in [6.45, 7) is 7.48. The van der Waals surface area contributed by atoms with Crippen LogP contribution in [0.5, 0.6) is 5.75 Å². The predicted octanol–water partition coefficient (Wildman–Crippen LogP) is 1.90. The van der Waals surface area contributed by atoms with Gasteiger partial charge in [-0.3, -0.25) is 4.79 Å². The highest BCUT2D eigenvalue weighted by molar-refractivity contribution is 5.81. The first-order valence-corrected chi connectivity index (χ1v) is 8.34. The number of aryl methyl sites for hydroxylation is 1. The number of carbonyl (C=O) groups is 1. The average molecular weight is 339 g/mol. The zero-order chi connectivity index (χ0) is 18.0. The minimum Gasteiger partial charge on any atom is -0.479 e. The van der Waals surface area contributed by atoms with E-state index >= 15 is 0 Å². The average Bonchev–Trinajstić information content (AvgIpc) is 2.99. The van der Waals surface area contributed by atoms with E-state index in [1.807, 2.05) is 25.3 Å². The second-order valence-corrected chi connectivity index (χ2v) is 6.47. The molecule has 2 aromatic rings. The lowest BCUT2D eigenvalue weighted by Crippen LogP contribution is -2.47. The molecule has 0 radical (unpaired) electrons. The number of nitriles is 1. The molecule has 1 aromatic carbocycles. The van der Waals surface area contributed by atoms with Crippen LogP contribution in [0.4, 0.5) is 0 Å². The first-order chi connectivity index (χ1) is 12.0. The molecule has 1 aliphatic heterocycles. The van der Waals surface area contributed by atoms with Crippen LogP contribution in [0.3, 0.4) is 0 Å². The van der Waals surface area contributed by atoms with E-state index in [9.17, 15) is 10.1 Å². The van der Waals surface area contributed by atoms with Gasteiger partial charge in [0.1, 0.15) is 17.6 Å². The zero-order valence-electron chi connectivity index (χ0n) is 14.6. The molecule has 2 heterocycles. The molecule has 0 fully saturated rings. The van der Waals surface area contributed by atoms with Crippen molar-refractivity contribution >= 4 is 5.91 Å². The monoisotopic (exact) mass is 339 g/mol. The maximum Gasteiger partial charge on any atom is 0.264 e. The lowest BCUT2D eigenvalue weighted by atomic mass is 10.0. The molecule has 1 amide bonds. The van der Waals surface area contributed by atoms with Gasteiger partial charge in [0.25, 0.3) is 5.91 Å². The summed E-state index contributed by atoms with van der Waals surface area (Å²) >= 11 is 0. The summed E-state index contributed by atoms with van der Waals surface area (Å²) < 4.78 is 7.98. The van der Waals surface area contributed by atoms with Gasteiger partial charge in [0.2, 0.25) is 0 Å². The van der Waals surface area contributed by atoms with Crippen molar-refractivity contribution in [3.63, 3.8) is 0 Å². The molecule has 25 heavy (non-hydrogen) atoms. The fraction of sp³-hybridized carbons (Fsp3) is 0.444. The Bertz CT molecular complexity index is 821. The highest BCUT2D eigenvalue weighted by Crippen LogP contribution is 2.23. The third-order valence-corrected chi connectivity index (χ3v) is 4.36. The molecule has 0 saturated heterocycles.